The Kier molecular flexibility index (Phi) is 2.17. The van der Waals surface area contributed by atoms with Gasteiger partial charge in [-0.3, -0.25) is 5.32 Å². The minimum absolute atomic E-state index is 0.258. The fraction of sp³-hybridized carbons (Fsp3) is 0.538. The molecule has 0 spiro atoms. The van der Waals surface area contributed by atoms with Gasteiger partial charge in [0.05, 0.1) is 0 Å². The first kappa shape index (κ1) is 9.22. The third kappa shape index (κ3) is 1.63. The van der Waals surface area contributed by atoms with E-state index in [0.29, 0.717) is 5.92 Å². The molecule has 3 rings (SSSR count). The molecule has 2 unspecified atom stereocenters. The highest BCUT2D eigenvalue weighted by Crippen LogP contribution is 2.34. The van der Waals surface area contributed by atoms with Crippen molar-refractivity contribution in [3.05, 3.63) is 29.3 Å². The Morgan fingerprint density at radius 1 is 1.40 bits per heavy atom. The lowest BCUT2D eigenvalue weighted by molar-refractivity contribution is 0.0560. The van der Waals surface area contributed by atoms with E-state index in [1.54, 1.807) is 0 Å². The molecule has 0 bridgehead atoms. The summed E-state index contributed by atoms with van der Waals surface area (Å²) >= 11 is 0. The van der Waals surface area contributed by atoms with Gasteiger partial charge in [-0.25, -0.2) is 0 Å². The van der Waals surface area contributed by atoms with Gasteiger partial charge in [-0.1, -0.05) is 17.7 Å². The zero-order valence-corrected chi connectivity index (χ0v) is 9.12. The number of hydrogen-bond acceptors (Lipinski definition) is 2. The van der Waals surface area contributed by atoms with Gasteiger partial charge in [-0.2, -0.15) is 0 Å². The van der Waals surface area contributed by atoms with Gasteiger partial charge in [0.2, 0.25) is 0 Å². The van der Waals surface area contributed by atoms with Gasteiger partial charge in [0.1, 0.15) is 5.75 Å². The van der Waals surface area contributed by atoms with E-state index in [2.05, 4.69) is 30.4 Å². The summed E-state index contributed by atoms with van der Waals surface area (Å²) in [6.07, 6.45) is 4.01. The maximum Gasteiger partial charge on any atom is 0.153 e. The first-order chi connectivity index (χ1) is 7.33. The van der Waals surface area contributed by atoms with E-state index in [-0.39, 0.29) is 6.23 Å². The quantitative estimate of drug-likeness (QED) is 0.698. The van der Waals surface area contributed by atoms with Crippen LogP contribution in [0.2, 0.25) is 0 Å². The first-order valence-electron chi connectivity index (χ1n) is 5.82. The molecule has 15 heavy (non-hydrogen) atoms. The number of benzene rings is 1. The van der Waals surface area contributed by atoms with Gasteiger partial charge in [0.25, 0.3) is 0 Å². The van der Waals surface area contributed by atoms with Crippen molar-refractivity contribution in [1.29, 1.82) is 0 Å². The van der Waals surface area contributed by atoms with Crippen LogP contribution in [0.4, 0.5) is 0 Å². The summed E-state index contributed by atoms with van der Waals surface area (Å²) in [5.74, 6) is 1.75. The zero-order valence-electron chi connectivity index (χ0n) is 9.12. The minimum Gasteiger partial charge on any atom is -0.475 e. The van der Waals surface area contributed by atoms with Gasteiger partial charge in [0.15, 0.2) is 6.23 Å². The molecule has 80 valence electrons. The van der Waals surface area contributed by atoms with Crippen LogP contribution in [0.15, 0.2) is 18.2 Å². The molecule has 2 aliphatic heterocycles. The number of ether oxygens (including phenoxy) is 1. The SMILES string of the molecule is Cc1ccc2c(c1)CC1CCCNC1O2. The Bertz CT molecular complexity index is 375. The number of fused-ring (bicyclic) bond motifs is 2. The summed E-state index contributed by atoms with van der Waals surface area (Å²) in [5, 5.41) is 3.45. The maximum atomic E-state index is 5.98. The second kappa shape index (κ2) is 3.53. The van der Waals surface area contributed by atoms with Crippen molar-refractivity contribution in [3.8, 4) is 5.75 Å². The van der Waals surface area contributed by atoms with Crippen LogP contribution in [0, 0.1) is 12.8 Å². The molecule has 1 saturated heterocycles. The molecule has 1 N–H and O–H groups in total. The molecular formula is C13H17NO. The van der Waals surface area contributed by atoms with Gasteiger partial charge in [-0.15, -0.1) is 0 Å². The van der Waals surface area contributed by atoms with Gasteiger partial charge in [-0.05, 0) is 44.4 Å². The Hall–Kier alpha value is -1.02. The monoisotopic (exact) mass is 203 g/mol. The summed E-state index contributed by atoms with van der Waals surface area (Å²) in [6.45, 7) is 3.24. The molecule has 1 aromatic rings. The lowest BCUT2D eigenvalue weighted by atomic mass is 9.87. The molecular weight excluding hydrogens is 186 g/mol. The van der Waals surface area contributed by atoms with Crippen LogP contribution in [-0.2, 0) is 6.42 Å². The molecule has 2 nitrogen and oxygen atoms in total. The number of rotatable bonds is 0. The summed E-state index contributed by atoms with van der Waals surface area (Å²) in [5.41, 5.74) is 2.72. The van der Waals surface area contributed by atoms with Crippen molar-refractivity contribution in [1.82, 2.24) is 5.32 Å². The van der Waals surface area contributed by atoms with Gasteiger partial charge < -0.3 is 4.74 Å². The molecule has 0 amide bonds. The van der Waals surface area contributed by atoms with E-state index >= 15 is 0 Å². The molecule has 0 aromatic heterocycles. The number of aryl methyl sites for hydroxylation is 1. The van der Waals surface area contributed by atoms with Crippen molar-refractivity contribution < 1.29 is 4.74 Å². The average Bonchev–Trinajstić information content (AvgIpc) is 2.26. The van der Waals surface area contributed by atoms with Crippen LogP contribution >= 0.6 is 0 Å². The predicted octanol–water partition coefficient (Wildman–Crippen LogP) is 2.26. The van der Waals surface area contributed by atoms with Crippen LogP contribution in [0.25, 0.3) is 0 Å². The Morgan fingerprint density at radius 2 is 2.33 bits per heavy atom. The summed E-state index contributed by atoms with van der Waals surface area (Å²) in [6, 6.07) is 6.50. The maximum absolute atomic E-state index is 5.98. The normalized spacial score (nSPS) is 28.9. The van der Waals surface area contributed by atoms with Crippen molar-refractivity contribution in [3.63, 3.8) is 0 Å². The molecule has 0 radical (unpaired) electrons. The Labute approximate surface area is 90.6 Å². The third-order valence-corrected chi connectivity index (χ3v) is 3.48. The number of nitrogens with one attached hydrogen (secondary N) is 1. The third-order valence-electron chi connectivity index (χ3n) is 3.48. The summed E-state index contributed by atoms with van der Waals surface area (Å²) in [7, 11) is 0. The standard InChI is InChI=1S/C13H17NO/c1-9-4-5-12-11(7-9)8-10-3-2-6-14-13(10)15-12/h4-5,7,10,13-14H,2-3,6,8H2,1H3. The van der Waals surface area contributed by atoms with E-state index < -0.39 is 0 Å². The van der Waals surface area contributed by atoms with Crippen LogP contribution < -0.4 is 10.1 Å². The molecule has 0 saturated carbocycles. The van der Waals surface area contributed by atoms with E-state index in [1.807, 2.05) is 0 Å². The Balaban J connectivity index is 1.92. The number of piperidine rings is 1. The zero-order chi connectivity index (χ0) is 10.3. The fourth-order valence-electron chi connectivity index (χ4n) is 2.68. The van der Waals surface area contributed by atoms with Gasteiger partial charge >= 0.3 is 0 Å². The lowest BCUT2D eigenvalue weighted by Gasteiger charge is -2.37. The van der Waals surface area contributed by atoms with Crippen LogP contribution in [0.3, 0.4) is 0 Å². The number of hydrogen-bond donors (Lipinski definition) is 1. The average molecular weight is 203 g/mol. The molecule has 1 aromatic carbocycles. The largest absolute Gasteiger partial charge is 0.475 e. The molecule has 2 heteroatoms. The second-order valence-corrected chi connectivity index (χ2v) is 4.71. The highest BCUT2D eigenvalue weighted by Gasteiger charge is 2.31. The van der Waals surface area contributed by atoms with Crippen molar-refractivity contribution in [2.75, 3.05) is 6.54 Å². The topological polar surface area (TPSA) is 21.3 Å². The molecule has 1 fully saturated rings. The smallest absolute Gasteiger partial charge is 0.153 e. The highest BCUT2D eigenvalue weighted by molar-refractivity contribution is 5.39. The fourth-order valence-corrected chi connectivity index (χ4v) is 2.68. The van der Waals surface area contributed by atoms with E-state index in [9.17, 15) is 0 Å². The van der Waals surface area contributed by atoms with E-state index in [0.717, 1.165) is 12.3 Å². The summed E-state index contributed by atoms with van der Waals surface area (Å²) in [4.78, 5) is 0. The molecule has 0 aliphatic carbocycles. The predicted molar refractivity (Wildman–Crippen MR) is 60.0 cm³/mol. The van der Waals surface area contributed by atoms with Crippen LogP contribution in [0.5, 0.6) is 5.75 Å². The van der Waals surface area contributed by atoms with E-state index in [1.165, 1.54) is 30.4 Å². The van der Waals surface area contributed by atoms with Crippen LogP contribution in [0.1, 0.15) is 24.0 Å². The lowest BCUT2D eigenvalue weighted by Crippen LogP contribution is -2.48. The molecule has 2 aliphatic rings. The minimum atomic E-state index is 0.258. The molecule has 2 atom stereocenters. The van der Waals surface area contributed by atoms with Gasteiger partial charge in [0, 0.05) is 5.92 Å². The summed E-state index contributed by atoms with van der Waals surface area (Å²) < 4.78 is 5.98. The van der Waals surface area contributed by atoms with E-state index in [4.69, 9.17) is 4.74 Å². The highest BCUT2D eigenvalue weighted by atomic mass is 16.5. The molecule has 2 heterocycles. The van der Waals surface area contributed by atoms with Crippen LogP contribution in [-0.4, -0.2) is 12.8 Å². The van der Waals surface area contributed by atoms with Crippen molar-refractivity contribution in [2.45, 2.75) is 32.4 Å². The Morgan fingerprint density at radius 3 is 3.27 bits per heavy atom. The second-order valence-electron chi connectivity index (χ2n) is 4.71. The van der Waals surface area contributed by atoms with Crippen molar-refractivity contribution >= 4 is 0 Å². The first-order valence-corrected chi connectivity index (χ1v) is 5.82. The van der Waals surface area contributed by atoms with Crippen molar-refractivity contribution in [2.24, 2.45) is 5.92 Å².